The van der Waals surface area contributed by atoms with Gasteiger partial charge in [0.25, 0.3) is 0 Å². The van der Waals surface area contributed by atoms with Crippen LogP contribution >= 0.6 is 0 Å². The first-order valence-corrected chi connectivity index (χ1v) is 8.38. The minimum absolute atomic E-state index is 0.142. The van der Waals surface area contributed by atoms with E-state index in [0.29, 0.717) is 5.92 Å². The van der Waals surface area contributed by atoms with Gasteiger partial charge in [0, 0.05) is 28.2 Å². The van der Waals surface area contributed by atoms with Gasteiger partial charge in [0.05, 0.1) is 12.4 Å². The number of hydrogen-bond acceptors (Lipinski definition) is 2. The summed E-state index contributed by atoms with van der Waals surface area (Å²) >= 11 is 0. The van der Waals surface area contributed by atoms with Gasteiger partial charge in [-0.25, -0.2) is 0 Å². The number of allylic oxidation sites excluding steroid dienone is 1. The zero-order valence-electron chi connectivity index (χ0n) is 11.7. The molecule has 2 rings (SSSR count). The third kappa shape index (κ3) is 4.20. The molecule has 0 N–H and O–H groups in total. The van der Waals surface area contributed by atoms with Crippen LogP contribution < -0.4 is 0 Å². The molecule has 0 radical (unpaired) electrons. The molecule has 104 valence electrons. The SMILES string of the molecule is C/C(=C/OC(C)C1CCCS(=O)C1)c1ccccc1. The van der Waals surface area contributed by atoms with E-state index in [0.717, 1.165) is 29.9 Å². The third-order valence-corrected chi connectivity index (χ3v) is 5.24. The summed E-state index contributed by atoms with van der Waals surface area (Å²) in [7, 11) is -0.642. The smallest absolute Gasteiger partial charge is 0.0987 e. The number of ether oxygens (including phenoxy) is 1. The van der Waals surface area contributed by atoms with Crippen LogP contribution in [0.4, 0.5) is 0 Å². The molecule has 1 aromatic rings. The van der Waals surface area contributed by atoms with E-state index in [4.69, 9.17) is 4.74 Å². The predicted molar refractivity (Wildman–Crippen MR) is 81.2 cm³/mol. The lowest BCUT2D eigenvalue weighted by Crippen LogP contribution is -2.29. The highest BCUT2D eigenvalue weighted by Crippen LogP contribution is 2.22. The molecule has 1 heterocycles. The second kappa shape index (κ2) is 6.90. The van der Waals surface area contributed by atoms with Crippen molar-refractivity contribution >= 4 is 16.4 Å². The summed E-state index contributed by atoms with van der Waals surface area (Å²) in [5, 5.41) is 0. The number of benzene rings is 1. The van der Waals surface area contributed by atoms with E-state index in [2.05, 4.69) is 26.0 Å². The Balaban J connectivity index is 1.92. The molecule has 0 saturated carbocycles. The molecule has 0 spiro atoms. The fourth-order valence-corrected chi connectivity index (χ4v) is 3.94. The van der Waals surface area contributed by atoms with E-state index < -0.39 is 10.8 Å². The second-order valence-electron chi connectivity index (χ2n) is 5.22. The summed E-state index contributed by atoms with van der Waals surface area (Å²) in [6, 6.07) is 10.2. The van der Waals surface area contributed by atoms with Crippen LogP contribution in [0.1, 0.15) is 32.3 Å². The Morgan fingerprint density at radius 3 is 2.84 bits per heavy atom. The van der Waals surface area contributed by atoms with Crippen LogP contribution in [0.5, 0.6) is 0 Å². The monoisotopic (exact) mass is 278 g/mol. The van der Waals surface area contributed by atoms with Gasteiger partial charge >= 0.3 is 0 Å². The molecule has 1 fully saturated rings. The fourth-order valence-electron chi connectivity index (χ4n) is 2.37. The molecule has 0 aromatic heterocycles. The van der Waals surface area contributed by atoms with Crippen LogP contribution in [-0.2, 0) is 15.5 Å². The van der Waals surface area contributed by atoms with Crippen molar-refractivity contribution in [3.63, 3.8) is 0 Å². The Morgan fingerprint density at radius 1 is 1.42 bits per heavy atom. The lowest BCUT2D eigenvalue weighted by molar-refractivity contribution is 0.106. The highest BCUT2D eigenvalue weighted by molar-refractivity contribution is 7.85. The number of hydrogen-bond donors (Lipinski definition) is 0. The van der Waals surface area contributed by atoms with Gasteiger partial charge in [0.2, 0.25) is 0 Å². The molecule has 1 aliphatic heterocycles. The molecule has 0 aliphatic carbocycles. The number of rotatable bonds is 4. The topological polar surface area (TPSA) is 26.3 Å². The Morgan fingerprint density at radius 2 is 2.16 bits per heavy atom. The Kier molecular flexibility index (Phi) is 5.20. The summed E-state index contributed by atoms with van der Waals surface area (Å²) in [4.78, 5) is 0. The Labute approximate surface area is 118 Å². The van der Waals surface area contributed by atoms with Gasteiger partial charge in [0.1, 0.15) is 0 Å². The highest BCUT2D eigenvalue weighted by atomic mass is 32.2. The average molecular weight is 278 g/mol. The van der Waals surface area contributed by atoms with Gasteiger partial charge in [-0.2, -0.15) is 0 Å². The molecule has 2 nitrogen and oxygen atoms in total. The molecule has 3 unspecified atom stereocenters. The van der Waals surface area contributed by atoms with Gasteiger partial charge in [0.15, 0.2) is 0 Å². The van der Waals surface area contributed by atoms with E-state index in [1.807, 2.05) is 24.5 Å². The minimum Gasteiger partial charge on any atom is -0.498 e. The van der Waals surface area contributed by atoms with Crippen molar-refractivity contribution < 1.29 is 8.95 Å². The zero-order valence-corrected chi connectivity index (χ0v) is 12.5. The Hall–Kier alpha value is -1.09. The van der Waals surface area contributed by atoms with Crippen LogP contribution in [0, 0.1) is 5.92 Å². The van der Waals surface area contributed by atoms with Crippen molar-refractivity contribution in [1.29, 1.82) is 0 Å². The molecule has 1 aliphatic rings. The predicted octanol–water partition coefficient (Wildman–Crippen LogP) is 3.61. The minimum atomic E-state index is -0.642. The van der Waals surface area contributed by atoms with Crippen molar-refractivity contribution in [3.05, 3.63) is 42.2 Å². The quantitative estimate of drug-likeness (QED) is 0.786. The van der Waals surface area contributed by atoms with E-state index in [1.54, 1.807) is 0 Å². The van der Waals surface area contributed by atoms with Crippen molar-refractivity contribution in [1.82, 2.24) is 0 Å². The van der Waals surface area contributed by atoms with Crippen LogP contribution in [0.15, 0.2) is 36.6 Å². The van der Waals surface area contributed by atoms with Gasteiger partial charge < -0.3 is 4.74 Å². The largest absolute Gasteiger partial charge is 0.498 e. The van der Waals surface area contributed by atoms with Crippen LogP contribution in [0.2, 0.25) is 0 Å². The molecule has 19 heavy (non-hydrogen) atoms. The molecule has 1 aromatic carbocycles. The molecule has 1 saturated heterocycles. The third-order valence-electron chi connectivity index (χ3n) is 3.70. The van der Waals surface area contributed by atoms with Crippen molar-refractivity contribution in [2.75, 3.05) is 11.5 Å². The normalized spacial score (nSPS) is 25.9. The van der Waals surface area contributed by atoms with Gasteiger partial charge in [-0.15, -0.1) is 0 Å². The van der Waals surface area contributed by atoms with E-state index >= 15 is 0 Å². The summed E-state index contributed by atoms with van der Waals surface area (Å²) < 4.78 is 17.4. The first-order chi connectivity index (χ1) is 9.16. The molecular formula is C16H22O2S. The average Bonchev–Trinajstić information content (AvgIpc) is 2.45. The van der Waals surface area contributed by atoms with Gasteiger partial charge in [-0.1, -0.05) is 30.3 Å². The van der Waals surface area contributed by atoms with Gasteiger partial charge in [-0.3, -0.25) is 4.21 Å². The maximum Gasteiger partial charge on any atom is 0.0987 e. The zero-order chi connectivity index (χ0) is 13.7. The first kappa shape index (κ1) is 14.3. The van der Waals surface area contributed by atoms with Crippen LogP contribution in [0.3, 0.4) is 0 Å². The molecule has 3 heteroatoms. The second-order valence-corrected chi connectivity index (χ2v) is 6.84. The maximum atomic E-state index is 11.6. The first-order valence-electron chi connectivity index (χ1n) is 6.89. The van der Waals surface area contributed by atoms with E-state index in [9.17, 15) is 4.21 Å². The summed E-state index contributed by atoms with van der Waals surface area (Å²) in [6.45, 7) is 4.14. The maximum absolute atomic E-state index is 11.6. The van der Waals surface area contributed by atoms with E-state index in [-0.39, 0.29) is 6.10 Å². The van der Waals surface area contributed by atoms with Gasteiger partial charge in [-0.05, 0) is 37.8 Å². The summed E-state index contributed by atoms with van der Waals surface area (Å²) in [6.07, 6.45) is 4.18. The van der Waals surface area contributed by atoms with Crippen molar-refractivity contribution in [2.45, 2.75) is 32.8 Å². The molecule has 3 atom stereocenters. The molecule has 0 amide bonds. The fraction of sp³-hybridized carbons (Fsp3) is 0.500. The van der Waals surface area contributed by atoms with Crippen molar-refractivity contribution in [3.8, 4) is 0 Å². The standard InChI is InChI=1S/C16H22O2S/c1-13(15-7-4-3-5-8-15)11-18-14(2)16-9-6-10-19(17)12-16/h3-5,7-8,11,14,16H,6,9-10,12H2,1-2H3/b13-11-. The lowest BCUT2D eigenvalue weighted by atomic mass is 10.00. The van der Waals surface area contributed by atoms with E-state index in [1.165, 1.54) is 5.56 Å². The van der Waals surface area contributed by atoms with Crippen molar-refractivity contribution in [2.24, 2.45) is 5.92 Å². The summed E-state index contributed by atoms with van der Waals surface area (Å²) in [5.74, 6) is 2.08. The van der Waals surface area contributed by atoms with Crippen LogP contribution in [0.25, 0.3) is 5.57 Å². The molecular weight excluding hydrogens is 256 g/mol. The molecule has 0 bridgehead atoms. The van der Waals surface area contributed by atoms with Crippen LogP contribution in [-0.4, -0.2) is 21.8 Å². The lowest BCUT2D eigenvalue weighted by Gasteiger charge is -2.26. The summed E-state index contributed by atoms with van der Waals surface area (Å²) in [5.41, 5.74) is 2.31. The highest BCUT2D eigenvalue weighted by Gasteiger charge is 2.24. The Bertz CT molecular complexity index is 453.